The first-order chi connectivity index (χ1) is 16.6. The first kappa shape index (κ1) is 25.2. The number of anilines is 2. The van der Waals surface area contributed by atoms with Gasteiger partial charge in [-0.15, -0.1) is 0 Å². The minimum Gasteiger partial charge on any atom is -0.497 e. The van der Waals surface area contributed by atoms with Gasteiger partial charge in [-0.3, -0.25) is 19.6 Å². The highest BCUT2D eigenvalue weighted by Gasteiger charge is 2.18. The van der Waals surface area contributed by atoms with Gasteiger partial charge in [-0.05, 0) is 55.0 Å². The standard InChI is InChI=1S/C23H21N3O8S/c1-15-6-9-18(26(29)30)13-21(15)24-22(27)14-34-23(28)16-4-3-5-20(12-16)35(31,32)25-17-7-10-19(33-2)11-8-17/h3-13,25H,14H2,1-2H3,(H,24,27). The molecule has 0 aliphatic carbocycles. The third-order valence-electron chi connectivity index (χ3n) is 4.76. The molecule has 12 heteroatoms. The van der Waals surface area contributed by atoms with E-state index < -0.39 is 33.4 Å². The number of esters is 1. The second-order valence-electron chi connectivity index (χ2n) is 7.24. The first-order valence-corrected chi connectivity index (χ1v) is 11.6. The van der Waals surface area contributed by atoms with Gasteiger partial charge in [0.25, 0.3) is 21.6 Å². The van der Waals surface area contributed by atoms with Crippen molar-refractivity contribution >= 4 is 39.0 Å². The Bertz CT molecular complexity index is 1370. The summed E-state index contributed by atoms with van der Waals surface area (Å²) in [6.45, 7) is 0.972. The van der Waals surface area contributed by atoms with Gasteiger partial charge in [-0.2, -0.15) is 0 Å². The number of nitrogens with zero attached hydrogens (tertiary/aromatic N) is 1. The molecule has 0 saturated carbocycles. The summed E-state index contributed by atoms with van der Waals surface area (Å²) < 4.78 is 37.8. The molecule has 0 aliphatic rings. The number of carbonyl (C=O) groups is 2. The number of nitrogens with one attached hydrogen (secondary N) is 2. The van der Waals surface area contributed by atoms with Gasteiger partial charge in [-0.1, -0.05) is 12.1 Å². The molecule has 1 amide bonds. The molecular weight excluding hydrogens is 478 g/mol. The number of sulfonamides is 1. The van der Waals surface area contributed by atoms with E-state index in [0.29, 0.717) is 17.0 Å². The Labute approximate surface area is 200 Å². The van der Waals surface area contributed by atoms with Crippen molar-refractivity contribution in [2.75, 3.05) is 23.8 Å². The minimum absolute atomic E-state index is 0.0815. The highest BCUT2D eigenvalue weighted by atomic mass is 32.2. The summed E-state index contributed by atoms with van der Waals surface area (Å²) in [5, 5.41) is 13.4. The van der Waals surface area contributed by atoms with Crippen molar-refractivity contribution in [3.05, 3.63) is 88.0 Å². The molecule has 0 heterocycles. The van der Waals surface area contributed by atoms with Crippen molar-refractivity contribution in [3.63, 3.8) is 0 Å². The molecule has 0 unspecified atom stereocenters. The minimum atomic E-state index is -4.01. The molecule has 0 fully saturated rings. The average Bonchev–Trinajstić information content (AvgIpc) is 2.84. The highest BCUT2D eigenvalue weighted by Crippen LogP contribution is 2.22. The molecular formula is C23H21N3O8S. The number of hydrogen-bond donors (Lipinski definition) is 2. The van der Waals surface area contributed by atoms with Gasteiger partial charge in [-0.25, -0.2) is 13.2 Å². The van der Waals surface area contributed by atoms with Gasteiger partial charge in [0.15, 0.2) is 6.61 Å². The number of non-ortho nitro benzene ring substituents is 1. The maximum absolute atomic E-state index is 12.7. The smallest absolute Gasteiger partial charge is 0.338 e. The maximum atomic E-state index is 12.7. The molecule has 2 N–H and O–H groups in total. The van der Waals surface area contributed by atoms with Crippen LogP contribution in [0.2, 0.25) is 0 Å². The SMILES string of the molecule is COc1ccc(NS(=O)(=O)c2cccc(C(=O)OCC(=O)Nc3cc([N+](=O)[O-])ccc3C)c2)cc1. The molecule has 35 heavy (non-hydrogen) atoms. The number of rotatable bonds is 9. The lowest BCUT2D eigenvalue weighted by atomic mass is 10.2. The summed E-state index contributed by atoms with van der Waals surface area (Å²) in [4.78, 5) is 34.7. The van der Waals surface area contributed by atoms with Crippen LogP contribution in [0.3, 0.4) is 0 Å². The third-order valence-corrected chi connectivity index (χ3v) is 6.14. The Balaban J connectivity index is 1.65. The van der Waals surface area contributed by atoms with Crippen molar-refractivity contribution in [2.45, 2.75) is 11.8 Å². The fourth-order valence-electron chi connectivity index (χ4n) is 2.92. The Kier molecular flexibility index (Phi) is 7.66. The summed E-state index contributed by atoms with van der Waals surface area (Å²) in [6, 6.07) is 15.3. The van der Waals surface area contributed by atoms with E-state index >= 15 is 0 Å². The van der Waals surface area contributed by atoms with E-state index in [4.69, 9.17) is 9.47 Å². The van der Waals surface area contributed by atoms with Gasteiger partial charge >= 0.3 is 5.97 Å². The van der Waals surface area contributed by atoms with E-state index in [0.717, 1.165) is 6.07 Å². The maximum Gasteiger partial charge on any atom is 0.338 e. The normalized spacial score (nSPS) is 10.8. The number of amides is 1. The van der Waals surface area contributed by atoms with Crippen LogP contribution >= 0.6 is 0 Å². The fraction of sp³-hybridized carbons (Fsp3) is 0.130. The van der Waals surface area contributed by atoms with Gasteiger partial charge in [0.1, 0.15) is 5.75 Å². The number of benzene rings is 3. The molecule has 0 spiro atoms. The Morgan fingerprint density at radius 3 is 2.40 bits per heavy atom. The predicted octanol–water partition coefficient (Wildman–Crippen LogP) is 3.51. The lowest BCUT2D eigenvalue weighted by Gasteiger charge is -2.11. The number of aryl methyl sites for hydroxylation is 1. The highest BCUT2D eigenvalue weighted by molar-refractivity contribution is 7.92. The van der Waals surface area contributed by atoms with Gasteiger partial charge in [0.05, 0.1) is 28.2 Å². The van der Waals surface area contributed by atoms with Crippen molar-refractivity contribution in [2.24, 2.45) is 0 Å². The Morgan fingerprint density at radius 1 is 1.03 bits per heavy atom. The molecule has 11 nitrogen and oxygen atoms in total. The molecule has 0 saturated heterocycles. The van der Waals surface area contributed by atoms with Gasteiger partial charge in [0.2, 0.25) is 0 Å². The van der Waals surface area contributed by atoms with E-state index in [1.165, 1.54) is 55.6 Å². The fourth-order valence-corrected chi connectivity index (χ4v) is 4.03. The van der Waals surface area contributed by atoms with Crippen molar-refractivity contribution in [1.29, 1.82) is 0 Å². The lowest BCUT2D eigenvalue weighted by molar-refractivity contribution is -0.384. The third kappa shape index (κ3) is 6.54. The largest absolute Gasteiger partial charge is 0.497 e. The molecule has 0 aliphatic heterocycles. The summed E-state index contributed by atoms with van der Waals surface area (Å²) in [6.07, 6.45) is 0. The van der Waals surface area contributed by atoms with Crippen LogP contribution in [-0.4, -0.2) is 38.9 Å². The second-order valence-corrected chi connectivity index (χ2v) is 8.92. The molecule has 3 aromatic carbocycles. The summed E-state index contributed by atoms with van der Waals surface area (Å²) in [5.74, 6) is -1.08. The number of nitro groups is 1. The molecule has 182 valence electrons. The molecule has 0 atom stereocenters. The second kappa shape index (κ2) is 10.7. The zero-order valence-corrected chi connectivity index (χ0v) is 19.5. The van der Waals surface area contributed by atoms with E-state index in [9.17, 15) is 28.1 Å². The lowest BCUT2D eigenvalue weighted by Crippen LogP contribution is -2.21. The number of methoxy groups -OCH3 is 1. The zero-order chi connectivity index (χ0) is 25.6. The number of nitro benzene ring substituents is 1. The molecule has 0 bridgehead atoms. The van der Waals surface area contributed by atoms with E-state index in [1.807, 2.05) is 0 Å². The topological polar surface area (TPSA) is 154 Å². The van der Waals surface area contributed by atoms with Gasteiger partial charge < -0.3 is 14.8 Å². The van der Waals surface area contributed by atoms with E-state index in [2.05, 4.69) is 10.0 Å². The zero-order valence-electron chi connectivity index (χ0n) is 18.7. The summed E-state index contributed by atoms with van der Waals surface area (Å²) in [7, 11) is -2.52. The number of hydrogen-bond acceptors (Lipinski definition) is 8. The van der Waals surface area contributed by atoms with Crippen LogP contribution in [0.15, 0.2) is 71.6 Å². The average molecular weight is 500 g/mol. The quantitative estimate of drug-likeness (QED) is 0.258. The van der Waals surface area contributed by atoms with E-state index in [1.54, 1.807) is 19.1 Å². The van der Waals surface area contributed by atoms with Crippen LogP contribution in [0, 0.1) is 17.0 Å². The van der Waals surface area contributed by atoms with Gasteiger partial charge in [0, 0.05) is 17.8 Å². The van der Waals surface area contributed by atoms with Crippen LogP contribution < -0.4 is 14.8 Å². The Hall–Kier alpha value is -4.45. The molecule has 3 aromatic rings. The van der Waals surface area contributed by atoms with Crippen LogP contribution in [0.5, 0.6) is 5.75 Å². The monoisotopic (exact) mass is 499 g/mol. The molecule has 0 radical (unpaired) electrons. The number of ether oxygens (including phenoxy) is 2. The van der Waals surface area contributed by atoms with Crippen LogP contribution in [-0.2, 0) is 19.6 Å². The van der Waals surface area contributed by atoms with Crippen molar-refractivity contribution in [3.8, 4) is 5.75 Å². The van der Waals surface area contributed by atoms with Crippen LogP contribution in [0.1, 0.15) is 15.9 Å². The predicted molar refractivity (Wildman–Crippen MR) is 127 cm³/mol. The van der Waals surface area contributed by atoms with E-state index in [-0.39, 0.29) is 21.8 Å². The van der Waals surface area contributed by atoms with Crippen molar-refractivity contribution < 1.29 is 32.4 Å². The van der Waals surface area contributed by atoms with Crippen molar-refractivity contribution in [1.82, 2.24) is 0 Å². The first-order valence-electron chi connectivity index (χ1n) is 10.1. The number of carbonyl (C=O) groups excluding carboxylic acids is 2. The summed E-state index contributed by atoms with van der Waals surface area (Å²) in [5.41, 5.74) is 0.800. The van der Waals surface area contributed by atoms with Crippen LogP contribution in [0.25, 0.3) is 0 Å². The molecule has 0 aromatic heterocycles. The summed E-state index contributed by atoms with van der Waals surface area (Å²) >= 11 is 0. The van der Waals surface area contributed by atoms with Crippen LogP contribution in [0.4, 0.5) is 17.1 Å². The molecule has 3 rings (SSSR count). The Morgan fingerprint density at radius 2 is 1.74 bits per heavy atom.